The molecular formula is C57H44O4. The van der Waals surface area contributed by atoms with Crippen molar-refractivity contribution in [3.63, 3.8) is 0 Å². The molecule has 0 aliphatic heterocycles. The molecule has 0 fully saturated rings. The summed E-state index contributed by atoms with van der Waals surface area (Å²) in [4.78, 5) is 15.7. The van der Waals surface area contributed by atoms with Crippen LogP contribution in [0.15, 0.2) is 173 Å². The largest absolute Gasteiger partial charge is 0.455 e. The van der Waals surface area contributed by atoms with Crippen molar-refractivity contribution in [1.29, 1.82) is 0 Å². The molecule has 1 aliphatic carbocycles. The highest BCUT2D eigenvalue weighted by molar-refractivity contribution is 6.29. The molecule has 1 atom stereocenters. The molecule has 0 amide bonds. The summed E-state index contributed by atoms with van der Waals surface area (Å²) in [6, 6.07) is 55.1. The number of rotatable bonds is 5. The van der Waals surface area contributed by atoms with Crippen molar-refractivity contribution >= 4 is 49.7 Å². The molecule has 4 nitrogen and oxygen atoms in total. The lowest BCUT2D eigenvalue weighted by Gasteiger charge is -2.37. The van der Waals surface area contributed by atoms with E-state index >= 15 is 4.79 Å². The van der Waals surface area contributed by atoms with Crippen molar-refractivity contribution in [2.75, 3.05) is 0 Å². The maximum Gasteiger partial charge on any atom is 0.204 e. The molecule has 1 unspecified atom stereocenters. The SMILES string of the molecule is CC(C)c1cccc2c1oc1c(-c3ccccc3)cc3c(c12)-c1c(cc(C(C)(C)C)c2c1oc1c(-c4cccc(-c5ccccc5)c4)cccc12)C(O)(c1ccccc1)C3=O. The summed E-state index contributed by atoms with van der Waals surface area (Å²) in [5.74, 6) is -0.198. The summed E-state index contributed by atoms with van der Waals surface area (Å²) in [7, 11) is 0. The number of aliphatic hydroxyl groups is 1. The Morgan fingerprint density at radius 3 is 1.79 bits per heavy atom. The molecular weight excluding hydrogens is 749 g/mol. The number of furan rings is 2. The highest BCUT2D eigenvalue weighted by atomic mass is 16.3. The van der Waals surface area contributed by atoms with Gasteiger partial charge in [-0.3, -0.25) is 4.79 Å². The number of para-hydroxylation sites is 2. The monoisotopic (exact) mass is 792 g/mol. The van der Waals surface area contributed by atoms with Gasteiger partial charge in [-0.05, 0) is 62.4 Å². The summed E-state index contributed by atoms with van der Waals surface area (Å²) >= 11 is 0. The number of hydrogen-bond acceptors (Lipinski definition) is 4. The van der Waals surface area contributed by atoms with Crippen LogP contribution in [0.5, 0.6) is 0 Å². The second kappa shape index (κ2) is 13.5. The Labute approximate surface area is 354 Å². The fraction of sp³-hybridized carbons (Fsp3) is 0.140. The second-order valence-electron chi connectivity index (χ2n) is 17.8. The Morgan fingerprint density at radius 1 is 0.508 bits per heavy atom. The molecule has 10 aromatic rings. The summed E-state index contributed by atoms with van der Waals surface area (Å²) < 4.78 is 14.5. The van der Waals surface area contributed by atoms with E-state index in [0.29, 0.717) is 39.0 Å². The molecule has 296 valence electrons. The molecule has 0 radical (unpaired) electrons. The molecule has 0 saturated carbocycles. The molecule has 2 heterocycles. The first-order valence-corrected chi connectivity index (χ1v) is 21.1. The van der Waals surface area contributed by atoms with Gasteiger partial charge in [-0.15, -0.1) is 0 Å². The summed E-state index contributed by atoms with van der Waals surface area (Å²) in [5, 5.41) is 17.2. The molecule has 1 N–H and O–H groups in total. The van der Waals surface area contributed by atoms with Crippen LogP contribution in [0.25, 0.3) is 88.4 Å². The van der Waals surface area contributed by atoms with Crippen LogP contribution < -0.4 is 0 Å². The van der Waals surface area contributed by atoms with Crippen molar-refractivity contribution in [1.82, 2.24) is 0 Å². The third-order valence-corrected chi connectivity index (χ3v) is 12.8. The van der Waals surface area contributed by atoms with Crippen LogP contribution in [0, 0.1) is 0 Å². The number of carbonyl (C=O) groups excluding carboxylic acids is 1. The van der Waals surface area contributed by atoms with E-state index in [1.165, 1.54) is 0 Å². The Bertz CT molecular complexity index is 3380. The van der Waals surface area contributed by atoms with E-state index in [-0.39, 0.29) is 11.7 Å². The van der Waals surface area contributed by atoms with Gasteiger partial charge in [-0.25, -0.2) is 0 Å². The molecule has 61 heavy (non-hydrogen) atoms. The smallest absolute Gasteiger partial charge is 0.204 e. The van der Waals surface area contributed by atoms with Crippen molar-refractivity contribution in [2.45, 2.75) is 51.6 Å². The second-order valence-corrected chi connectivity index (χ2v) is 17.8. The van der Waals surface area contributed by atoms with Gasteiger partial charge in [0.05, 0.1) is 0 Å². The molecule has 2 aromatic heterocycles. The van der Waals surface area contributed by atoms with Crippen LogP contribution in [-0.2, 0) is 11.0 Å². The zero-order valence-corrected chi connectivity index (χ0v) is 34.8. The van der Waals surface area contributed by atoms with Crippen LogP contribution in [0.2, 0.25) is 0 Å². The van der Waals surface area contributed by atoms with Gasteiger partial charge in [-0.2, -0.15) is 0 Å². The zero-order valence-electron chi connectivity index (χ0n) is 34.8. The van der Waals surface area contributed by atoms with Gasteiger partial charge in [-0.1, -0.05) is 186 Å². The third kappa shape index (κ3) is 5.45. The molecule has 0 saturated heterocycles. The van der Waals surface area contributed by atoms with E-state index < -0.39 is 11.0 Å². The number of fused-ring (bicyclic) bond motifs is 11. The van der Waals surface area contributed by atoms with Crippen LogP contribution in [0.4, 0.5) is 0 Å². The number of ketones is 1. The normalized spacial score (nSPS) is 15.3. The first-order chi connectivity index (χ1) is 29.5. The minimum atomic E-state index is -2.03. The molecule has 11 rings (SSSR count). The molecule has 8 aromatic carbocycles. The van der Waals surface area contributed by atoms with Crippen LogP contribution in [0.1, 0.15) is 73.1 Å². The number of benzene rings is 8. The first-order valence-electron chi connectivity index (χ1n) is 21.1. The average Bonchev–Trinajstić information content (AvgIpc) is 3.88. The van der Waals surface area contributed by atoms with Crippen molar-refractivity contribution in [3.05, 3.63) is 192 Å². The quantitative estimate of drug-likeness (QED) is 0.189. The molecule has 4 heteroatoms. The van der Waals surface area contributed by atoms with Gasteiger partial charge >= 0.3 is 0 Å². The highest BCUT2D eigenvalue weighted by Gasteiger charge is 2.50. The summed E-state index contributed by atoms with van der Waals surface area (Å²) in [6.45, 7) is 10.9. The van der Waals surface area contributed by atoms with Crippen molar-refractivity contribution in [3.8, 4) is 44.5 Å². The van der Waals surface area contributed by atoms with Gasteiger partial charge in [0, 0.05) is 54.9 Å². The van der Waals surface area contributed by atoms with Gasteiger partial charge in [0.25, 0.3) is 0 Å². The van der Waals surface area contributed by atoms with E-state index in [0.717, 1.165) is 77.2 Å². The summed E-state index contributed by atoms with van der Waals surface area (Å²) in [5.41, 5.74) is 11.3. The van der Waals surface area contributed by atoms with E-state index in [2.05, 4.69) is 126 Å². The maximum absolute atomic E-state index is 15.7. The Hall–Kier alpha value is -7.01. The topological polar surface area (TPSA) is 63.6 Å². The molecule has 0 spiro atoms. The Balaban J connectivity index is 1.34. The highest BCUT2D eigenvalue weighted by Crippen LogP contribution is 2.57. The number of hydrogen-bond donors (Lipinski definition) is 1. The van der Waals surface area contributed by atoms with E-state index in [4.69, 9.17) is 8.83 Å². The average molecular weight is 793 g/mol. The predicted molar refractivity (Wildman–Crippen MR) is 249 cm³/mol. The lowest BCUT2D eigenvalue weighted by molar-refractivity contribution is 0.0483. The van der Waals surface area contributed by atoms with Crippen LogP contribution in [0.3, 0.4) is 0 Å². The standard InChI is InChI=1S/C57H44O4/c1-33(2)39-26-16-29-42-49-48-44(31-43(53(49)60-51(39)42)35-20-11-7-12-21-35)55(58)57(59,38-24-13-8-14-25-38)46-32-45(56(3,4)5)47-41-28-17-27-40(52(41)61-54(47)50(46)48)37-23-15-22-36(30-37)34-18-9-6-10-19-34/h6-33,59H,1-5H3. The predicted octanol–water partition coefficient (Wildman–Crippen LogP) is 15.0. The van der Waals surface area contributed by atoms with Gasteiger partial charge in [0.1, 0.15) is 22.3 Å². The van der Waals surface area contributed by atoms with Crippen LogP contribution in [-0.4, -0.2) is 10.9 Å². The minimum absolute atomic E-state index is 0.188. The fourth-order valence-corrected chi connectivity index (χ4v) is 9.83. The molecule has 1 aliphatic rings. The van der Waals surface area contributed by atoms with E-state index in [9.17, 15) is 5.11 Å². The summed E-state index contributed by atoms with van der Waals surface area (Å²) in [6.07, 6.45) is 0. The lowest BCUT2D eigenvalue weighted by Crippen LogP contribution is -2.41. The van der Waals surface area contributed by atoms with Gasteiger partial charge in [0.15, 0.2) is 5.60 Å². The zero-order chi connectivity index (χ0) is 41.8. The Kier molecular flexibility index (Phi) is 8.20. The fourth-order valence-electron chi connectivity index (χ4n) is 9.83. The minimum Gasteiger partial charge on any atom is -0.455 e. The van der Waals surface area contributed by atoms with Crippen molar-refractivity contribution in [2.24, 2.45) is 0 Å². The van der Waals surface area contributed by atoms with Gasteiger partial charge in [0.2, 0.25) is 5.78 Å². The van der Waals surface area contributed by atoms with Crippen LogP contribution >= 0.6 is 0 Å². The van der Waals surface area contributed by atoms with Crippen molar-refractivity contribution < 1.29 is 18.7 Å². The number of Topliss-reactive ketones (excluding diaryl/α,β-unsaturated/α-hetero) is 1. The maximum atomic E-state index is 15.7. The van der Waals surface area contributed by atoms with E-state index in [1.807, 2.05) is 72.8 Å². The van der Waals surface area contributed by atoms with E-state index in [1.54, 1.807) is 0 Å². The molecule has 0 bridgehead atoms. The Morgan fingerprint density at radius 2 is 1.10 bits per heavy atom. The van der Waals surface area contributed by atoms with Gasteiger partial charge < -0.3 is 13.9 Å². The lowest BCUT2D eigenvalue weighted by atomic mass is 9.67. The number of carbonyl (C=O) groups is 1. The third-order valence-electron chi connectivity index (χ3n) is 12.8. The first kappa shape index (κ1) is 37.0.